The zero-order valence-electron chi connectivity index (χ0n) is 17.0. The summed E-state index contributed by atoms with van der Waals surface area (Å²) in [5, 5.41) is 4.86. The Hall–Kier alpha value is -2.97. The van der Waals surface area contributed by atoms with Crippen molar-refractivity contribution in [1.82, 2.24) is 15.0 Å². The van der Waals surface area contributed by atoms with E-state index < -0.39 is 11.6 Å². The van der Waals surface area contributed by atoms with Crippen LogP contribution in [0.15, 0.2) is 48.3 Å². The minimum Gasteiger partial charge on any atom is -0.331 e. The molecule has 2 aliphatic carbocycles. The van der Waals surface area contributed by atoms with E-state index in [1.54, 1.807) is 17.5 Å². The average Bonchev–Trinajstić information content (AvgIpc) is 3.47. The maximum Gasteiger partial charge on any atom is 0.188 e. The molecule has 3 heterocycles. The number of halogens is 2. The van der Waals surface area contributed by atoms with Gasteiger partial charge in [-0.25, -0.2) is 18.7 Å². The number of allylic oxidation sites excluding steroid dienone is 1. The van der Waals surface area contributed by atoms with Gasteiger partial charge in [-0.3, -0.25) is 4.98 Å². The van der Waals surface area contributed by atoms with Crippen LogP contribution in [0.4, 0.5) is 13.9 Å². The van der Waals surface area contributed by atoms with Crippen LogP contribution in [0.1, 0.15) is 35.4 Å². The predicted octanol–water partition coefficient (Wildman–Crippen LogP) is 6.71. The summed E-state index contributed by atoms with van der Waals surface area (Å²) in [6.07, 6.45) is 8.08. The number of pyridine rings is 1. The first-order chi connectivity index (χ1) is 15.7. The largest absolute Gasteiger partial charge is 0.331 e. The first-order valence-electron chi connectivity index (χ1n) is 10.5. The highest BCUT2D eigenvalue weighted by Crippen LogP contribution is 2.44. The highest BCUT2D eigenvalue weighted by Gasteiger charge is 2.27. The topological polar surface area (TPSA) is 50.7 Å². The number of hydrogen-bond acceptors (Lipinski definition) is 6. The van der Waals surface area contributed by atoms with E-state index in [1.165, 1.54) is 34.4 Å². The van der Waals surface area contributed by atoms with E-state index in [1.807, 2.05) is 18.3 Å². The first kappa shape index (κ1) is 19.7. The number of nitrogens with one attached hydrogen (secondary N) is 1. The Morgan fingerprint density at radius 1 is 0.938 bits per heavy atom. The molecule has 4 aromatic rings. The first-order valence-corrected chi connectivity index (χ1v) is 12.1. The Kier molecular flexibility index (Phi) is 4.84. The van der Waals surface area contributed by atoms with Gasteiger partial charge in [-0.1, -0.05) is 17.4 Å². The second-order valence-corrected chi connectivity index (χ2v) is 9.96. The fraction of sp³-hybridized carbons (Fsp3) is 0.208. The molecule has 0 bridgehead atoms. The Balaban J connectivity index is 1.39. The van der Waals surface area contributed by atoms with Crippen molar-refractivity contribution in [2.24, 2.45) is 0 Å². The van der Waals surface area contributed by atoms with Gasteiger partial charge in [-0.05, 0) is 61.9 Å². The zero-order chi connectivity index (χ0) is 21.7. The standard InChI is InChI=1S/C24H18F2N4S2/c25-15-5-1-6-16(26)19(15)20(13-9-10-13)30-24-28-17-7-2-8-18-21(22(17)32-24)29-23(31-18)14-4-3-11-27-12-14/h1,3-6,11-12H,2,7-10H2,(H,28,30). The molecule has 8 heteroatoms. The molecule has 0 unspecified atom stereocenters. The third-order valence-corrected chi connectivity index (χ3v) is 7.82. The summed E-state index contributed by atoms with van der Waals surface area (Å²) >= 11 is 3.21. The minimum atomic E-state index is -0.562. The third-order valence-electron chi connectivity index (χ3n) is 5.63. The molecule has 3 aromatic heterocycles. The smallest absolute Gasteiger partial charge is 0.188 e. The number of rotatable bonds is 4. The lowest BCUT2D eigenvalue weighted by molar-refractivity contribution is 0.577. The summed E-state index contributed by atoms with van der Waals surface area (Å²) in [7, 11) is 0. The Morgan fingerprint density at radius 2 is 1.78 bits per heavy atom. The van der Waals surface area contributed by atoms with Crippen molar-refractivity contribution in [1.29, 1.82) is 0 Å². The van der Waals surface area contributed by atoms with E-state index >= 15 is 0 Å². The van der Waals surface area contributed by atoms with E-state index in [0.717, 1.165) is 64.5 Å². The molecular weight excluding hydrogens is 446 g/mol. The molecule has 32 heavy (non-hydrogen) atoms. The number of nitrogens with zero attached hydrogens (tertiary/aromatic N) is 3. The molecule has 2 aliphatic rings. The summed E-state index contributed by atoms with van der Waals surface area (Å²) in [5.41, 5.74) is 4.51. The van der Waals surface area contributed by atoms with Crippen LogP contribution in [0, 0.1) is 11.6 Å². The van der Waals surface area contributed by atoms with Crippen LogP contribution < -0.4 is 5.32 Å². The van der Waals surface area contributed by atoms with E-state index in [9.17, 15) is 8.78 Å². The normalized spacial score (nSPS) is 14.5. The van der Waals surface area contributed by atoms with Crippen molar-refractivity contribution in [3.05, 3.63) is 76.1 Å². The number of hydrogen-bond donors (Lipinski definition) is 1. The minimum absolute atomic E-state index is 0.00129. The van der Waals surface area contributed by atoms with Crippen molar-refractivity contribution in [3.63, 3.8) is 0 Å². The summed E-state index contributed by atoms with van der Waals surface area (Å²) < 4.78 is 29.0. The van der Waals surface area contributed by atoms with Gasteiger partial charge < -0.3 is 5.32 Å². The molecule has 160 valence electrons. The van der Waals surface area contributed by atoms with E-state index in [-0.39, 0.29) is 5.56 Å². The molecule has 0 radical (unpaired) electrons. The molecule has 0 saturated heterocycles. The monoisotopic (exact) mass is 464 g/mol. The fourth-order valence-electron chi connectivity index (χ4n) is 3.97. The molecular formula is C24H18F2N4S2. The molecule has 1 saturated carbocycles. The van der Waals surface area contributed by atoms with Gasteiger partial charge in [-0.2, -0.15) is 0 Å². The van der Waals surface area contributed by atoms with Gasteiger partial charge in [0.2, 0.25) is 0 Å². The second kappa shape index (κ2) is 7.86. The van der Waals surface area contributed by atoms with Crippen LogP contribution in [-0.2, 0) is 12.8 Å². The molecule has 1 N–H and O–H groups in total. The van der Waals surface area contributed by atoms with Gasteiger partial charge in [0, 0.05) is 22.8 Å². The van der Waals surface area contributed by atoms with E-state index in [2.05, 4.69) is 10.3 Å². The Labute approximate surface area is 191 Å². The number of benzene rings is 1. The summed E-state index contributed by atoms with van der Waals surface area (Å²) in [6.45, 7) is 0. The molecule has 1 aromatic carbocycles. The number of fused-ring (bicyclic) bond motifs is 3. The SMILES string of the molecule is Fc1cccc(F)c1C(Nc1nc2c(s1)-c1nc(-c3cccnc3)sc1CCC2)=C1CC1. The van der Waals surface area contributed by atoms with Gasteiger partial charge in [0.25, 0.3) is 0 Å². The van der Waals surface area contributed by atoms with E-state index in [0.29, 0.717) is 10.8 Å². The van der Waals surface area contributed by atoms with Gasteiger partial charge in [0.15, 0.2) is 5.13 Å². The van der Waals surface area contributed by atoms with Crippen LogP contribution in [0.5, 0.6) is 0 Å². The fourth-order valence-corrected chi connectivity index (χ4v) is 6.17. The lowest BCUT2D eigenvalue weighted by Crippen LogP contribution is -2.04. The average molecular weight is 465 g/mol. The van der Waals surface area contributed by atoms with Crippen molar-refractivity contribution in [2.45, 2.75) is 32.1 Å². The van der Waals surface area contributed by atoms with Crippen LogP contribution in [0.2, 0.25) is 0 Å². The van der Waals surface area contributed by atoms with Crippen LogP contribution in [0.25, 0.3) is 26.8 Å². The predicted molar refractivity (Wildman–Crippen MR) is 125 cm³/mol. The van der Waals surface area contributed by atoms with Crippen molar-refractivity contribution in [2.75, 3.05) is 5.32 Å². The highest BCUT2D eigenvalue weighted by molar-refractivity contribution is 7.20. The second-order valence-electron chi connectivity index (χ2n) is 7.88. The maximum atomic E-state index is 14.5. The zero-order valence-corrected chi connectivity index (χ0v) is 18.6. The van der Waals surface area contributed by atoms with Crippen molar-refractivity contribution in [3.8, 4) is 21.1 Å². The molecule has 0 aliphatic heterocycles. The highest BCUT2D eigenvalue weighted by atomic mass is 32.1. The number of anilines is 1. The summed E-state index contributed by atoms with van der Waals surface area (Å²) in [4.78, 5) is 16.2. The lowest BCUT2D eigenvalue weighted by atomic mass is 10.1. The van der Waals surface area contributed by atoms with Crippen molar-refractivity contribution < 1.29 is 8.78 Å². The Bertz CT molecular complexity index is 1330. The Morgan fingerprint density at radius 3 is 2.53 bits per heavy atom. The van der Waals surface area contributed by atoms with E-state index in [4.69, 9.17) is 9.97 Å². The lowest BCUT2D eigenvalue weighted by Gasteiger charge is -2.11. The quantitative estimate of drug-likeness (QED) is 0.365. The molecule has 4 nitrogen and oxygen atoms in total. The summed E-state index contributed by atoms with van der Waals surface area (Å²) in [6, 6.07) is 7.90. The number of aryl methyl sites for hydroxylation is 2. The maximum absolute atomic E-state index is 14.5. The van der Waals surface area contributed by atoms with Crippen LogP contribution in [0.3, 0.4) is 0 Å². The van der Waals surface area contributed by atoms with Gasteiger partial charge in [0.05, 0.1) is 27.5 Å². The number of thiazole rings is 2. The van der Waals surface area contributed by atoms with Crippen LogP contribution in [-0.4, -0.2) is 15.0 Å². The molecule has 1 fully saturated rings. The molecule has 0 spiro atoms. The van der Waals surface area contributed by atoms with Gasteiger partial charge in [0.1, 0.15) is 16.6 Å². The van der Waals surface area contributed by atoms with Gasteiger partial charge in [-0.15, -0.1) is 11.3 Å². The van der Waals surface area contributed by atoms with Gasteiger partial charge >= 0.3 is 0 Å². The molecule has 6 rings (SSSR count). The molecule has 0 amide bonds. The number of aromatic nitrogens is 3. The third kappa shape index (κ3) is 3.53. The summed E-state index contributed by atoms with van der Waals surface area (Å²) in [5.74, 6) is -1.12. The van der Waals surface area contributed by atoms with Crippen LogP contribution >= 0.6 is 22.7 Å². The van der Waals surface area contributed by atoms with Crippen molar-refractivity contribution >= 4 is 33.5 Å². The molecule has 0 atom stereocenters.